The predicted molar refractivity (Wildman–Crippen MR) is 83.8 cm³/mol. The van der Waals surface area contributed by atoms with Crippen LogP contribution < -0.4 is 11.1 Å². The highest BCUT2D eigenvalue weighted by Gasteiger charge is 2.12. The first-order valence-corrected chi connectivity index (χ1v) is 7.54. The first-order valence-electron chi connectivity index (χ1n) is 5.55. The molecule has 1 amide bonds. The van der Waals surface area contributed by atoms with Gasteiger partial charge in [-0.25, -0.2) is 0 Å². The highest BCUT2D eigenvalue weighted by molar-refractivity contribution is 9.10. The molecule has 3 N–H and O–H groups in total. The molecule has 0 bridgehead atoms. The molecule has 19 heavy (non-hydrogen) atoms. The monoisotopic (exact) mass is 358 g/mol. The minimum atomic E-state index is -0.143. The summed E-state index contributed by atoms with van der Waals surface area (Å²) >= 11 is 10.6. The maximum atomic E-state index is 12.1. The Bertz CT molecular complexity index is 627. The molecule has 0 fully saturated rings. The smallest absolute Gasteiger partial charge is 0.251 e. The van der Waals surface area contributed by atoms with Crippen LogP contribution in [0.1, 0.15) is 20.8 Å². The summed E-state index contributed by atoms with van der Waals surface area (Å²) in [6.45, 7) is 2.29. The zero-order chi connectivity index (χ0) is 14.0. The van der Waals surface area contributed by atoms with E-state index in [1.54, 1.807) is 12.1 Å². The van der Waals surface area contributed by atoms with Crippen molar-refractivity contribution in [1.82, 2.24) is 5.32 Å². The zero-order valence-electron chi connectivity index (χ0n) is 10.2. The van der Waals surface area contributed by atoms with Crippen LogP contribution in [-0.2, 0) is 6.54 Å². The SMILES string of the molecule is Cc1c(N)cc(Br)cc1C(=O)NCc1ccc(Cl)s1. The van der Waals surface area contributed by atoms with Crippen LogP contribution in [0, 0.1) is 6.92 Å². The molecule has 3 nitrogen and oxygen atoms in total. The van der Waals surface area contributed by atoms with Gasteiger partial charge in [0.25, 0.3) is 5.91 Å². The molecule has 1 heterocycles. The molecule has 0 aliphatic heterocycles. The van der Waals surface area contributed by atoms with Gasteiger partial charge in [-0.05, 0) is 36.8 Å². The topological polar surface area (TPSA) is 55.1 Å². The number of rotatable bonds is 3. The number of halogens is 2. The average Bonchev–Trinajstić information content (AvgIpc) is 2.76. The van der Waals surface area contributed by atoms with Crippen LogP contribution in [0.2, 0.25) is 4.34 Å². The van der Waals surface area contributed by atoms with Crippen molar-refractivity contribution in [1.29, 1.82) is 0 Å². The molecule has 1 aromatic heterocycles. The fourth-order valence-electron chi connectivity index (χ4n) is 1.65. The summed E-state index contributed by atoms with van der Waals surface area (Å²) in [6, 6.07) is 7.26. The summed E-state index contributed by atoms with van der Waals surface area (Å²) in [5.74, 6) is -0.143. The minimum Gasteiger partial charge on any atom is -0.398 e. The van der Waals surface area contributed by atoms with E-state index in [0.29, 0.717) is 22.1 Å². The molecule has 0 aliphatic rings. The number of nitrogens with one attached hydrogen (secondary N) is 1. The number of anilines is 1. The van der Waals surface area contributed by atoms with Gasteiger partial charge in [-0.15, -0.1) is 11.3 Å². The number of hydrogen-bond donors (Lipinski definition) is 2. The number of carbonyl (C=O) groups excluding carboxylic acids is 1. The Labute approximate surface area is 128 Å². The minimum absolute atomic E-state index is 0.143. The molecular weight excluding hydrogens is 348 g/mol. The van der Waals surface area contributed by atoms with Gasteiger partial charge in [-0.1, -0.05) is 27.5 Å². The van der Waals surface area contributed by atoms with Gasteiger partial charge < -0.3 is 11.1 Å². The standard InChI is InChI=1S/C13H12BrClN2OS/c1-7-10(4-8(14)5-11(7)16)13(18)17-6-9-2-3-12(15)19-9/h2-5H,6,16H2,1H3,(H,17,18). The first-order chi connectivity index (χ1) is 8.97. The lowest BCUT2D eigenvalue weighted by atomic mass is 10.1. The molecule has 0 aliphatic carbocycles. The summed E-state index contributed by atoms with van der Waals surface area (Å²) in [7, 11) is 0. The van der Waals surface area contributed by atoms with E-state index in [4.69, 9.17) is 17.3 Å². The van der Waals surface area contributed by atoms with Crippen molar-refractivity contribution in [3.63, 3.8) is 0 Å². The van der Waals surface area contributed by atoms with Crippen LogP contribution in [0.15, 0.2) is 28.7 Å². The van der Waals surface area contributed by atoms with Crippen LogP contribution >= 0.6 is 38.9 Å². The van der Waals surface area contributed by atoms with Crippen molar-refractivity contribution in [2.24, 2.45) is 0 Å². The van der Waals surface area contributed by atoms with Gasteiger partial charge in [0.1, 0.15) is 0 Å². The fraction of sp³-hybridized carbons (Fsp3) is 0.154. The molecule has 1 aromatic carbocycles. The molecule has 0 saturated carbocycles. The van der Waals surface area contributed by atoms with Gasteiger partial charge in [0.05, 0.1) is 10.9 Å². The molecule has 0 unspecified atom stereocenters. The normalized spacial score (nSPS) is 10.5. The Hall–Kier alpha value is -1.04. The lowest BCUT2D eigenvalue weighted by Gasteiger charge is -2.09. The Kier molecular flexibility index (Phi) is 4.50. The maximum Gasteiger partial charge on any atom is 0.251 e. The number of carbonyl (C=O) groups is 1. The van der Waals surface area contributed by atoms with Gasteiger partial charge in [-0.3, -0.25) is 4.79 Å². The molecule has 2 aromatic rings. The Balaban J connectivity index is 2.12. The number of amides is 1. The molecule has 0 atom stereocenters. The van der Waals surface area contributed by atoms with Crippen molar-refractivity contribution < 1.29 is 4.79 Å². The van der Waals surface area contributed by atoms with E-state index < -0.39 is 0 Å². The van der Waals surface area contributed by atoms with E-state index in [0.717, 1.165) is 14.9 Å². The average molecular weight is 360 g/mol. The molecular formula is C13H12BrClN2OS. The van der Waals surface area contributed by atoms with Crippen LogP contribution in [-0.4, -0.2) is 5.91 Å². The third-order valence-corrected chi connectivity index (χ3v) is 4.40. The van der Waals surface area contributed by atoms with E-state index in [-0.39, 0.29) is 5.91 Å². The van der Waals surface area contributed by atoms with E-state index in [9.17, 15) is 4.79 Å². The van der Waals surface area contributed by atoms with E-state index in [2.05, 4.69) is 21.2 Å². The Morgan fingerprint density at radius 3 is 2.84 bits per heavy atom. The fourth-order valence-corrected chi connectivity index (χ4v) is 3.15. The highest BCUT2D eigenvalue weighted by Crippen LogP contribution is 2.24. The molecule has 0 saturated heterocycles. The van der Waals surface area contributed by atoms with Crippen LogP contribution in [0.25, 0.3) is 0 Å². The van der Waals surface area contributed by atoms with Crippen molar-refractivity contribution in [2.45, 2.75) is 13.5 Å². The number of hydrogen-bond acceptors (Lipinski definition) is 3. The summed E-state index contributed by atoms with van der Waals surface area (Å²) in [5.41, 5.74) is 7.80. The third kappa shape index (κ3) is 3.49. The summed E-state index contributed by atoms with van der Waals surface area (Å²) in [5, 5.41) is 2.86. The van der Waals surface area contributed by atoms with E-state index in [1.807, 2.05) is 19.1 Å². The van der Waals surface area contributed by atoms with E-state index >= 15 is 0 Å². The van der Waals surface area contributed by atoms with Crippen molar-refractivity contribution >= 4 is 50.5 Å². The van der Waals surface area contributed by atoms with Crippen molar-refractivity contribution in [3.05, 3.63) is 49.1 Å². The lowest BCUT2D eigenvalue weighted by molar-refractivity contribution is 0.0950. The second-order valence-corrected chi connectivity index (χ2v) is 6.77. The molecule has 0 radical (unpaired) electrons. The maximum absolute atomic E-state index is 12.1. The second kappa shape index (κ2) is 5.94. The molecule has 0 spiro atoms. The quantitative estimate of drug-likeness (QED) is 0.814. The highest BCUT2D eigenvalue weighted by atomic mass is 79.9. The van der Waals surface area contributed by atoms with Gasteiger partial charge in [-0.2, -0.15) is 0 Å². The van der Waals surface area contributed by atoms with Crippen molar-refractivity contribution in [2.75, 3.05) is 5.73 Å². The number of nitrogens with two attached hydrogens (primary N) is 1. The largest absolute Gasteiger partial charge is 0.398 e. The number of nitrogen functional groups attached to an aromatic ring is 1. The number of benzene rings is 1. The van der Waals surface area contributed by atoms with Crippen LogP contribution in [0.5, 0.6) is 0 Å². The molecule has 6 heteroatoms. The van der Waals surface area contributed by atoms with Crippen LogP contribution in [0.4, 0.5) is 5.69 Å². The first kappa shape index (κ1) is 14.4. The summed E-state index contributed by atoms with van der Waals surface area (Å²) in [4.78, 5) is 13.1. The molecule has 100 valence electrons. The van der Waals surface area contributed by atoms with Gasteiger partial charge in [0, 0.05) is 20.6 Å². The summed E-state index contributed by atoms with van der Waals surface area (Å²) < 4.78 is 1.51. The summed E-state index contributed by atoms with van der Waals surface area (Å²) in [6.07, 6.45) is 0. The van der Waals surface area contributed by atoms with Gasteiger partial charge >= 0.3 is 0 Å². The Morgan fingerprint density at radius 1 is 1.47 bits per heavy atom. The lowest BCUT2D eigenvalue weighted by Crippen LogP contribution is -2.23. The Morgan fingerprint density at radius 2 is 2.21 bits per heavy atom. The van der Waals surface area contributed by atoms with Crippen LogP contribution in [0.3, 0.4) is 0 Å². The number of thiophene rings is 1. The zero-order valence-corrected chi connectivity index (χ0v) is 13.3. The van der Waals surface area contributed by atoms with Gasteiger partial charge in [0.15, 0.2) is 0 Å². The third-order valence-electron chi connectivity index (χ3n) is 2.71. The predicted octanol–water partition coefficient (Wildman–Crippen LogP) is 3.98. The second-order valence-electron chi connectivity index (χ2n) is 4.06. The van der Waals surface area contributed by atoms with E-state index in [1.165, 1.54) is 11.3 Å². The van der Waals surface area contributed by atoms with Gasteiger partial charge in [0.2, 0.25) is 0 Å². The van der Waals surface area contributed by atoms with Crippen molar-refractivity contribution in [3.8, 4) is 0 Å². The molecule has 2 rings (SSSR count).